The summed E-state index contributed by atoms with van der Waals surface area (Å²) in [5.41, 5.74) is 3.01. The Kier molecular flexibility index (Phi) is 14.6. The number of likely N-dealkylation sites (N-methyl/N-ethyl adjacent to an activating group) is 1. The van der Waals surface area contributed by atoms with Crippen LogP contribution in [0.15, 0.2) is 90.7 Å². The molecule has 0 saturated heterocycles. The van der Waals surface area contributed by atoms with Crippen molar-refractivity contribution in [2.75, 3.05) is 43.1 Å². The number of fused-ring (bicyclic) bond motifs is 2. The molecule has 1 atom stereocenters. The lowest BCUT2D eigenvalue weighted by Gasteiger charge is -2.29. The van der Waals surface area contributed by atoms with Crippen LogP contribution in [0.4, 0.5) is 11.4 Å². The maximum atomic E-state index is 13.3. The maximum Gasteiger partial charge on any atom is 0.311 e. The van der Waals surface area contributed by atoms with Crippen molar-refractivity contribution in [3.63, 3.8) is 0 Å². The zero-order chi connectivity index (χ0) is 45.9. The van der Waals surface area contributed by atoms with Crippen LogP contribution in [0, 0.1) is 45.3 Å². The highest BCUT2D eigenvalue weighted by atomic mass is 16.5. The van der Waals surface area contributed by atoms with E-state index in [0.717, 1.165) is 50.1 Å². The monoisotopic (exact) mass is 853 g/mol. The number of aliphatic hydroxyl groups excluding tert-OH is 1. The number of carbonyl (C=O) groups excluding carboxylic acids is 3. The van der Waals surface area contributed by atoms with Crippen LogP contribution in [0.25, 0.3) is 38.3 Å². The Balaban J connectivity index is 1.04. The number of anilines is 2. The van der Waals surface area contributed by atoms with Crippen LogP contribution in [0.5, 0.6) is 11.5 Å². The van der Waals surface area contributed by atoms with Crippen LogP contribution in [-0.4, -0.2) is 56.1 Å². The Morgan fingerprint density at radius 1 is 0.703 bits per heavy atom. The van der Waals surface area contributed by atoms with Gasteiger partial charge in [-0.15, -0.1) is 5.75 Å². The van der Waals surface area contributed by atoms with Crippen molar-refractivity contribution in [3.05, 3.63) is 112 Å². The summed E-state index contributed by atoms with van der Waals surface area (Å²) < 4.78 is 10.9. The third-order valence-corrected chi connectivity index (χ3v) is 11.3. The molecule has 0 heterocycles. The first kappa shape index (κ1) is 45.4. The first-order chi connectivity index (χ1) is 31.0. The van der Waals surface area contributed by atoms with Gasteiger partial charge in [-0.2, -0.15) is 21.0 Å². The minimum atomic E-state index is -0.763. The fraction of sp³-hybridized carbons (Fsp3) is 0.275. The average Bonchev–Trinajstić information content (AvgIpc) is 3.30. The van der Waals surface area contributed by atoms with Crippen LogP contribution in [0.3, 0.4) is 0 Å². The minimum absolute atomic E-state index is 0.0154. The number of aliphatic hydroxyl groups is 1. The molecule has 6 rings (SSSR count). The van der Waals surface area contributed by atoms with Crippen molar-refractivity contribution in [1.29, 1.82) is 21.0 Å². The molecule has 0 fully saturated rings. The van der Waals surface area contributed by atoms with Crippen molar-refractivity contribution in [2.24, 2.45) is 0 Å². The SMILES string of the molecule is CCCCN(CCCC)c1ccc(C2=C(O)C(c3ccc(N(C)CCOC(=O)CCC(=O)Oc4ccc5c(=C(C#N)C#N)c6cc([O-])ccc6c(=C(C#N)C#N)c5c4)cc3)C2=O)cc1. The molecule has 13 heteroatoms. The molecule has 5 aromatic rings. The van der Waals surface area contributed by atoms with Gasteiger partial charge in [-0.3, -0.25) is 14.4 Å². The number of carbonyl (C=O) groups is 3. The standard InChI is InChI=1S/C51H46N6O7/c1-4-6-22-57(23-7-5-2)37-14-10-33(11-15-37)49-50(61)48(51(49)62)32-8-12-36(13-9-32)56(3)24-25-63-44(59)20-21-45(60)64-39-17-19-41-43(27-39)47(35(30-54)31-55)40-18-16-38(58)26-42(40)46(41)34(28-52)29-53/h8-19,26-27,48,58,61H,4-7,20-25H2,1-3H3/p-1. The number of ether oxygens (including phenoxy) is 2. The zero-order valence-corrected chi connectivity index (χ0v) is 35.8. The van der Waals surface area contributed by atoms with E-state index < -0.39 is 23.6 Å². The summed E-state index contributed by atoms with van der Waals surface area (Å²) in [6, 6.07) is 30.6. The number of rotatable bonds is 17. The van der Waals surface area contributed by atoms with E-state index in [9.17, 15) is 45.6 Å². The second-order valence-corrected chi connectivity index (χ2v) is 15.4. The van der Waals surface area contributed by atoms with Crippen LogP contribution < -0.4 is 30.1 Å². The predicted octanol–water partition coefficient (Wildman–Crippen LogP) is 6.87. The van der Waals surface area contributed by atoms with E-state index in [2.05, 4.69) is 18.7 Å². The molecule has 0 aromatic heterocycles. The van der Waals surface area contributed by atoms with Crippen molar-refractivity contribution in [2.45, 2.75) is 58.3 Å². The molecule has 0 radical (unpaired) electrons. The predicted molar refractivity (Wildman–Crippen MR) is 241 cm³/mol. The number of nitrogens with zero attached hydrogens (tertiary/aromatic N) is 6. The lowest BCUT2D eigenvalue weighted by Crippen LogP contribution is -2.29. The molecule has 1 unspecified atom stereocenters. The molecular weight excluding hydrogens is 809 g/mol. The van der Waals surface area contributed by atoms with Gasteiger partial charge in [0.1, 0.15) is 59.5 Å². The van der Waals surface area contributed by atoms with Gasteiger partial charge < -0.3 is 29.5 Å². The van der Waals surface area contributed by atoms with Crippen LogP contribution in [0.1, 0.15) is 69.4 Å². The Bertz CT molecular complexity index is 2930. The zero-order valence-electron chi connectivity index (χ0n) is 35.8. The lowest BCUT2D eigenvalue weighted by molar-refractivity contribution is -0.268. The second-order valence-electron chi connectivity index (χ2n) is 15.4. The Morgan fingerprint density at radius 2 is 1.25 bits per heavy atom. The van der Waals surface area contributed by atoms with Crippen molar-refractivity contribution < 1.29 is 34.1 Å². The topological polar surface area (TPSA) is 215 Å². The second kappa shape index (κ2) is 20.6. The molecule has 1 aliphatic rings. The Hall–Kier alpha value is -8.13. The average molecular weight is 854 g/mol. The number of unbranched alkanes of at least 4 members (excludes halogenated alkanes) is 2. The molecule has 0 amide bonds. The Labute approximate surface area is 370 Å². The number of nitriles is 4. The largest absolute Gasteiger partial charge is 0.872 e. The molecule has 0 aliphatic heterocycles. The van der Waals surface area contributed by atoms with Gasteiger partial charge in [0.2, 0.25) is 0 Å². The summed E-state index contributed by atoms with van der Waals surface area (Å²) in [5, 5.41) is 63.8. The van der Waals surface area contributed by atoms with Gasteiger partial charge in [0, 0.05) is 41.9 Å². The number of hydrogen-bond donors (Lipinski definition) is 1. The van der Waals surface area contributed by atoms with E-state index in [1.165, 1.54) is 36.4 Å². The highest BCUT2D eigenvalue weighted by Gasteiger charge is 2.41. The first-order valence-electron chi connectivity index (χ1n) is 21.0. The number of Topliss-reactive ketones (excluding diaryl/α,β-unsaturated/α-hetero) is 1. The number of hydrogen-bond acceptors (Lipinski definition) is 13. The van der Waals surface area contributed by atoms with E-state index in [1.54, 1.807) is 12.1 Å². The molecule has 5 aromatic carbocycles. The molecule has 1 N–H and O–H groups in total. The lowest BCUT2D eigenvalue weighted by atomic mass is 9.75. The Morgan fingerprint density at radius 3 is 1.81 bits per heavy atom. The quantitative estimate of drug-likeness (QED) is 0.0575. The van der Waals surface area contributed by atoms with Crippen LogP contribution in [-0.2, 0) is 19.1 Å². The van der Waals surface area contributed by atoms with Gasteiger partial charge >= 0.3 is 11.9 Å². The molecule has 0 spiro atoms. The van der Waals surface area contributed by atoms with E-state index in [-0.39, 0.29) is 79.9 Å². The van der Waals surface area contributed by atoms with Gasteiger partial charge in [0.15, 0.2) is 5.78 Å². The van der Waals surface area contributed by atoms with E-state index in [1.807, 2.05) is 72.6 Å². The van der Waals surface area contributed by atoms with Crippen molar-refractivity contribution in [3.8, 4) is 35.8 Å². The van der Waals surface area contributed by atoms with Crippen LogP contribution >= 0.6 is 0 Å². The number of allylic oxidation sites excluding steroid dienone is 2. The van der Waals surface area contributed by atoms with Gasteiger partial charge in [0.05, 0.1) is 25.0 Å². The third-order valence-electron chi connectivity index (χ3n) is 11.3. The number of esters is 2. The smallest absolute Gasteiger partial charge is 0.311 e. The summed E-state index contributed by atoms with van der Waals surface area (Å²) in [5.74, 6) is -2.62. The maximum absolute atomic E-state index is 13.3. The fourth-order valence-electron chi connectivity index (χ4n) is 7.84. The highest BCUT2D eigenvalue weighted by Crippen LogP contribution is 2.43. The summed E-state index contributed by atoms with van der Waals surface area (Å²) in [7, 11) is 1.81. The summed E-state index contributed by atoms with van der Waals surface area (Å²) >= 11 is 0. The number of ketones is 1. The molecule has 322 valence electrons. The summed E-state index contributed by atoms with van der Waals surface area (Å²) in [4.78, 5) is 43.0. The highest BCUT2D eigenvalue weighted by molar-refractivity contribution is 6.32. The van der Waals surface area contributed by atoms with Gasteiger partial charge in [0.25, 0.3) is 0 Å². The molecule has 0 saturated carbocycles. The minimum Gasteiger partial charge on any atom is -0.872 e. The summed E-state index contributed by atoms with van der Waals surface area (Å²) in [6.07, 6.45) is 3.82. The van der Waals surface area contributed by atoms with E-state index in [0.29, 0.717) is 23.2 Å². The molecule has 0 bridgehead atoms. The molecule has 64 heavy (non-hydrogen) atoms. The summed E-state index contributed by atoms with van der Waals surface area (Å²) in [6.45, 7) is 6.65. The van der Waals surface area contributed by atoms with E-state index in [4.69, 9.17) is 9.47 Å². The fourth-order valence-corrected chi connectivity index (χ4v) is 7.84. The molecule has 13 nitrogen and oxygen atoms in total. The molecular formula is C51H45N6O7-. The van der Waals surface area contributed by atoms with Crippen molar-refractivity contribution in [1.82, 2.24) is 0 Å². The van der Waals surface area contributed by atoms with Gasteiger partial charge in [-0.05, 0) is 88.0 Å². The number of benzene rings is 5. The normalized spacial score (nSPS) is 12.9. The first-order valence-corrected chi connectivity index (χ1v) is 21.0. The third kappa shape index (κ3) is 9.66. The van der Waals surface area contributed by atoms with Crippen LogP contribution in [0.2, 0.25) is 0 Å². The van der Waals surface area contributed by atoms with Gasteiger partial charge in [-0.1, -0.05) is 69.2 Å². The van der Waals surface area contributed by atoms with E-state index >= 15 is 0 Å². The molecule has 1 aliphatic carbocycles. The van der Waals surface area contributed by atoms with Gasteiger partial charge in [-0.25, -0.2) is 0 Å². The van der Waals surface area contributed by atoms with Crippen molar-refractivity contribution >= 4 is 67.4 Å².